The number of benzene rings is 1. The standard InChI is InChI=1S/C14H17F3O2/c1-11(18)3-4-12-5-7-13(8-6-12)19-10-2-9-14(15,16)17/h5-8,18H,1-4,9-10H2. The summed E-state index contributed by atoms with van der Waals surface area (Å²) in [5, 5.41) is 8.97. The average Bonchev–Trinajstić information content (AvgIpc) is 2.32. The number of hydrogen-bond donors (Lipinski definition) is 1. The van der Waals surface area contributed by atoms with Crippen LogP contribution in [0.25, 0.3) is 0 Å². The van der Waals surface area contributed by atoms with E-state index >= 15 is 0 Å². The fourth-order valence-electron chi connectivity index (χ4n) is 1.50. The molecule has 0 heterocycles. The molecule has 0 aliphatic heterocycles. The third kappa shape index (κ3) is 7.39. The van der Waals surface area contributed by atoms with Gasteiger partial charge in [-0.15, -0.1) is 0 Å². The molecule has 0 unspecified atom stereocenters. The molecule has 0 spiro atoms. The molecule has 0 saturated carbocycles. The Morgan fingerprint density at radius 2 is 1.84 bits per heavy atom. The lowest BCUT2D eigenvalue weighted by atomic mass is 10.1. The van der Waals surface area contributed by atoms with Gasteiger partial charge in [-0.1, -0.05) is 18.7 Å². The van der Waals surface area contributed by atoms with Gasteiger partial charge < -0.3 is 9.84 Å². The van der Waals surface area contributed by atoms with Crippen molar-refractivity contribution in [3.05, 3.63) is 42.2 Å². The monoisotopic (exact) mass is 274 g/mol. The molecule has 0 fully saturated rings. The molecule has 1 aromatic rings. The zero-order valence-electron chi connectivity index (χ0n) is 10.5. The summed E-state index contributed by atoms with van der Waals surface area (Å²) in [6.07, 6.45) is -3.84. The van der Waals surface area contributed by atoms with Gasteiger partial charge in [-0.25, -0.2) is 0 Å². The van der Waals surface area contributed by atoms with Crippen molar-refractivity contribution in [3.63, 3.8) is 0 Å². The van der Waals surface area contributed by atoms with Crippen LogP contribution in [-0.2, 0) is 6.42 Å². The normalized spacial score (nSPS) is 11.3. The van der Waals surface area contributed by atoms with Crippen LogP contribution in [0.4, 0.5) is 13.2 Å². The molecule has 0 atom stereocenters. The molecular weight excluding hydrogens is 257 g/mol. The lowest BCUT2D eigenvalue weighted by Gasteiger charge is -2.08. The van der Waals surface area contributed by atoms with Crippen molar-refractivity contribution >= 4 is 0 Å². The first kappa shape index (κ1) is 15.4. The van der Waals surface area contributed by atoms with Crippen LogP contribution < -0.4 is 4.74 Å². The van der Waals surface area contributed by atoms with Crippen LogP contribution in [0.15, 0.2) is 36.6 Å². The fourth-order valence-corrected chi connectivity index (χ4v) is 1.50. The Labute approximate surface area is 110 Å². The highest BCUT2D eigenvalue weighted by Gasteiger charge is 2.26. The second-order valence-corrected chi connectivity index (χ2v) is 4.28. The highest BCUT2D eigenvalue weighted by Crippen LogP contribution is 2.21. The Kier molecular flexibility index (Phi) is 5.73. The van der Waals surface area contributed by atoms with Crippen molar-refractivity contribution < 1.29 is 23.0 Å². The van der Waals surface area contributed by atoms with E-state index in [4.69, 9.17) is 9.84 Å². The van der Waals surface area contributed by atoms with Crippen LogP contribution in [-0.4, -0.2) is 17.9 Å². The van der Waals surface area contributed by atoms with E-state index in [-0.39, 0.29) is 18.8 Å². The Hall–Kier alpha value is -1.65. The highest BCUT2D eigenvalue weighted by atomic mass is 19.4. The number of allylic oxidation sites excluding steroid dienone is 1. The van der Waals surface area contributed by atoms with E-state index in [1.807, 2.05) is 12.1 Å². The molecule has 1 N–H and O–H groups in total. The molecule has 5 heteroatoms. The van der Waals surface area contributed by atoms with E-state index in [9.17, 15) is 13.2 Å². The van der Waals surface area contributed by atoms with Gasteiger partial charge >= 0.3 is 6.18 Å². The minimum atomic E-state index is -4.13. The van der Waals surface area contributed by atoms with Gasteiger partial charge in [0.2, 0.25) is 0 Å². The molecule has 0 bridgehead atoms. The van der Waals surface area contributed by atoms with Gasteiger partial charge in [-0.05, 0) is 30.5 Å². The van der Waals surface area contributed by atoms with Crippen molar-refractivity contribution in [2.45, 2.75) is 31.9 Å². The van der Waals surface area contributed by atoms with E-state index in [2.05, 4.69) is 6.58 Å². The summed E-state index contributed by atoms with van der Waals surface area (Å²) >= 11 is 0. The summed E-state index contributed by atoms with van der Waals surface area (Å²) in [4.78, 5) is 0. The Morgan fingerprint density at radius 3 is 2.37 bits per heavy atom. The second-order valence-electron chi connectivity index (χ2n) is 4.28. The van der Waals surface area contributed by atoms with E-state index in [1.165, 1.54) is 0 Å². The van der Waals surface area contributed by atoms with Crippen molar-refractivity contribution in [1.29, 1.82) is 0 Å². The van der Waals surface area contributed by atoms with Gasteiger partial charge in [0.15, 0.2) is 0 Å². The van der Waals surface area contributed by atoms with E-state index in [1.54, 1.807) is 12.1 Å². The number of aliphatic hydroxyl groups excluding tert-OH is 1. The molecule has 106 valence electrons. The summed E-state index contributed by atoms with van der Waals surface area (Å²) < 4.78 is 40.9. The van der Waals surface area contributed by atoms with E-state index in [0.29, 0.717) is 18.6 Å². The third-order valence-corrected chi connectivity index (χ3v) is 2.50. The summed E-state index contributed by atoms with van der Waals surface area (Å²) in [6, 6.07) is 7.07. The summed E-state index contributed by atoms with van der Waals surface area (Å²) in [6.45, 7) is 3.44. The zero-order chi connectivity index (χ0) is 14.3. The molecule has 0 aromatic heterocycles. The van der Waals surface area contributed by atoms with Gasteiger partial charge in [0, 0.05) is 12.8 Å². The Bertz CT molecular complexity index is 396. The number of hydrogen-bond acceptors (Lipinski definition) is 2. The predicted octanol–water partition coefficient (Wildman–Crippen LogP) is 4.41. The molecule has 0 aliphatic rings. The predicted molar refractivity (Wildman–Crippen MR) is 67.3 cm³/mol. The molecule has 0 amide bonds. The molecular formula is C14H17F3O2. The lowest BCUT2D eigenvalue weighted by molar-refractivity contribution is -0.136. The molecule has 0 radical (unpaired) electrons. The first-order valence-corrected chi connectivity index (χ1v) is 6.02. The number of aryl methyl sites for hydroxylation is 1. The molecule has 19 heavy (non-hydrogen) atoms. The van der Waals surface area contributed by atoms with Gasteiger partial charge in [0.1, 0.15) is 5.75 Å². The minimum Gasteiger partial charge on any atom is -0.513 e. The van der Waals surface area contributed by atoms with Gasteiger partial charge in [0.05, 0.1) is 12.4 Å². The maximum absolute atomic E-state index is 11.9. The number of ether oxygens (including phenoxy) is 1. The third-order valence-electron chi connectivity index (χ3n) is 2.50. The Balaban J connectivity index is 2.30. The van der Waals surface area contributed by atoms with Crippen molar-refractivity contribution in [2.75, 3.05) is 6.61 Å². The second kappa shape index (κ2) is 7.07. The van der Waals surface area contributed by atoms with Crippen LogP contribution in [0.3, 0.4) is 0 Å². The van der Waals surface area contributed by atoms with Crippen LogP contribution in [0.1, 0.15) is 24.8 Å². The van der Waals surface area contributed by atoms with Crippen LogP contribution in [0, 0.1) is 0 Å². The van der Waals surface area contributed by atoms with E-state index in [0.717, 1.165) is 5.56 Å². The fraction of sp³-hybridized carbons (Fsp3) is 0.429. The first-order valence-electron chi connectivity index (χ1n) is 6.02. The molecule has 1 aromatic carbocycles. The van der Waals surface area contributed by atoms with Crippen molar-refractivity contribution in [3.8, 4) is 5.75 Å². The van der Waals surface area contributed by atoms with Crippen molar-refractivity contribution in [1.82, 2.24) is 0 Å². The first-order chi connectivity index (χ1) is 8.87. The number of alkyl halides is 3. The van der Waals surface area contributed by atoms with Crippen LogP contribution >= 0.6 is 0 Å². The van der Waals surface area contributed by atoms with E-state index < -0.39 is 12.6 Å². The van der Waals surface area contributed by atoms with Gasteiger partial charge in [-0.3, -0.25) is 0 Å². The van der Waals surface area contributed by atoms with Crippen LogP contribution in [0.5, 0.6) is 5.75 Å². The smallest absolute Gasteiger partial charge is 0.389 e. The summed E-state index contributed by atoms with van der Waals surface area (Å²) in [7, 11) is 0. The summed E-state index contributed by atoms with van der Waals surface area (Å²) in [5.74, 6) is 0.682. The maximum Gasteiger partial charge on any atom is 0.389 e. The molecule has 0 aliphatic carbocycles. The summed E-state index contributed by atoms with van der Waals surface area (Å²) in [5.41, 5.74) is 1.01. The maximum atomic E-state index is 11.9. The molecule has 1 rings (SSSR count). The van der Waals surface area contributed by atoms with Gasteiger partial charge in [-0.2, -0.15) is 13.2 Å². The lowest BCUT2D eigenvalue weighted by Crippen LogP contribution is -2.09. The number of aliphatic hydroxyl groups is 1. The SMILES string of the molecule is C=C(O)CCc1ccc(OCCCC(F)(F)F)cc1. The van der Waals surface area contributed by atoms with Crippen molar-refractivity contribution in [2.24, 2.45) is 0 Å². The highest BCUT2D eigenvalue weighted by molar-refractivity contribution is 5.27. The average molecular weight is 274 g/mol. The van der Waals surface area contributed by atoms with Crippen LogP contribution in [0.2, 0.25) is 0 Å². The molecule has 0 saturated heterocycles. The Morgan fingerprint density at radius 1 is 1.21 bits per heavy atom. The number of halogens is 3. The number of rotatable bonds is 7. The molecule has 2 nitrogen and oxygen atoms in total. The largest absolute Gasteiger partial charge is 0.513 e. The van der Waals surface area contributed by atoms with Gasteiger partial charge in [0.25, 0.3) is 0 Å². The zero-order valence-corrected chi connectivity index (χ0v) is 10.5. The topological polar surface area (TPSA) is 29.5 Å². The quantitative estimate of drug-likeness (QED) is 0.589. The minimum absolute atomic E-state index is 0.0460.